The molecule has 1 aromatic carbocycles. The smallest absolute Gasteiger partial charge is 0.247 e. The second-order valence-corrected chi connectivity index (χ2v) is 7.84. The quantitative estimate of drug-likeness (QED) is 0.441. The van der Waals surface area contributed by atoms with Gasteiger partial charge in [-0.05, 0) is 60.4 Å². The van der Waals surface area contributed by atoms with Gasteiger partial charge in [0.1, 0.15) is 17.3 Å². The molecule has 6 nitrogen and oxygen atoms in total. The third kappa shape index (κ3) is 5.02. The number of amides is 1. The molecule has 4 rings (SSSR count). The van der Waals surface area contributed by atoms with Gasteiger partial charge in [-0.2, -0.15) is 0 Å². The van der Waals surface area contributed by atoms with Crippen molar-refractivity contribution in [3.05, 3.63) is 77.6 Å². The highest BCUT2D eigenvalue weighted by molar-refractivity contribution is 5.91. The number of rotatable bonds is 9. The Balaban J connectivity index is 1.49. The van der Waals surface area contributed by atoms with Crippen LogP contribution in [0.1, 0.15) is 42.1 Å². The van der Waals surface area contributed by atoms with Crippen molar-refractivity contribution in [2.75, 3.05) is 14.2 Å². The van der Waals surface area contributed by atoms with Crippen molar-refractivity contribution in [3.63, 3.8) is 0 Å². The highest BCUT2D eigenvalue weighted by Gasteiger charge is 2.36. The summed E-state index contributed by atoms with van der Waals surface area (Å²) in [7, 11) is 3.18. The first-order valence-corrected chi connectivity index (χ1v) is 10.4. The fraction of sp³-hybridized carbons (Fsp3) is 0.320. The van der Waals surface area contributed by atoms with Crippen LogP contribution in [-0.2, 0) is 17.9 Å². The molecule has 1 fully saturated rings. The van der Waals surface area contributed by atoms with E-state index in [4.69, 9.17) is 18.3 Å². The van der Waals surface area contributed by atoms with E-state index < -0.39 is 0 Å². The molecule has 1 amide bonds. The Morgan fingerprint density at radius 2 is 1.87 bits per heavy atom. The summed E-state index contributed by atoms with van der Waals surface area (Å²) < 4.78 is 22.1. The maximum atomic E-state index is 13.0. The number of hydrogen-bond acceptors (Lipinski definition) is 5. The molecule has 0 aliphatic heterocycles. The number of methoxy groups -OCH3 is 2. The van der Waals surface area contributed by atoms with Gasteiger partial charge in [0.2, 0.25) is 5.91 Å². The minimum absolute atomic E-state index is 0.135. The Hall–Kier alpha value is -3.41. The first-order valence-electron chi connectivity index (χ1n) is 10.4. The molecular formula is C25H27NO5. The minimum atomic E-state index is -0.135. The lowest BCUT2D eigenvalue weighted by molar-refractivity contribution is -0.127. The second kappa shape index (κ2) is 9.16. The number of carbonyl (C=O) groups excluding carboxylic acids is 1. The molecule has 162 valence electrons. The van der Waals surface area contributed by atoms with Gasteiger partial charge in [0, 0.05) is 12.0 Å². The van der Waals surface area contributed by atoms with Crippen LogP contribution in [0.25, 0.3) is 6.08 Å². The molecular weight excluding hydrogens is 394 g/mol. The predicted molar refractivity (Wildman–Crippen MR) is 117 cm³/mol. The van der Waals surface area contributed by atoms with Gasteiger partial charge in [-0.1, -0.05) is 13.0 Å². The van der Waals surface area contributed by atoms with E-state index in [1.165, 1.54) is 0 Å². The number of hydrogen-bond donors (Lipinski definition) is 0. The van der Waals surface area contributed by atoms with Crippen molar-refractivity contribution >= 4 is 12.0 Å². The lowest BCUT2D eigenvalue weighted by Gasteiger charge is -2.19. The van der Waals surface area contributed by atoms with Crippen LogP contribution in [0.2, 0.25) is 0 Å². The monoisotopic (exact) mass is 421 g/mol. The van der Waals surface area contributed by atoms with Crippen LogP contribution in [-0.4, -0.2) is 25.0 Å². The Kier molecular flexibility index (Phi) is 6.16. The van der Waals surface area contributed by atoms with Gasteiger partial charge in [-0.25, -0.2) is 0 Å². The minimum Gasteiger partial charge on any atom is -0.493 e. The van der Waals surface area contributed by atoms with E-state index in [1.807, 2.05) is 42.5 Å². The van der Waals surface area contributed by atoms with Gasteiger partial charge in [-0.15, -0.1) is 0 Å². The van der Waals surface area contributed by atoms with E-state index in [9.17, 15) is 4.79 Å². The normalized spacial score (nSPS) is 17.6. The van der Waals surface area contributed by atoms with E-state index >= 15 is 0 Å². The van der Waals surface area contributed by atoms with Crippen molar-refractivity contribution in [3.8, 4) is 11.5 Å². The Labute approximate surface area is 182 Å². The molecule has 6 heteroatoms. The Morgan fingerprint density at radius 1 is 1.10 bits per heavy atom. The Morgan fingerprint density at radius 3 is 2.55 bits per heavy atom. The predicted octanol–water partition coefficient (Wildman–Crippen LogP) is 5.26. The topological polar surface area (TPSA) is 65.0 Å². The Bertz CT molecular complexity index is 1050. The molecule has 31 heavy (non-hydrogen) atoms. The summed E-state index contributed by atoms with van der Waals surface area (Å²) in [5.74, 6) is 4.80. The molecule has 1 aliphatic rings. The van der Waals surface area contributed by atoms with Gasteiger partial charge in [-0.3, -0.25) is 4.79 Å². The van der Waals surface area contributed by atoms with Crippen LogP contribution < -0.4 is 9.47 Å². The summed E-state index contributed by atoms with van der Waals surface area (Å²) >= 11 is 0. The van der Waals surface area contributed by atoms with E-state index in [0.717, 1.165) is 29.3 Å². The third-order valence-corrected chi connectivity index (χ3v) is 5.57. The molecule has 2 aromatic heterocycles. The van der Waals surface area contributed by atoms with Crippen molar-refractivity contribution in [1.29, 1.82) is 0 Å². The van der Waals surface area contributed by atoms with E-state index in [0.29, 0.717) is 36.4 Å². The highest BCUT2D eigenvalue weighted by atomic mass is 16.5. The summed E-state index contributed by atoms with van der Waals surface area (Å²) in [6.45, 7) is 2.95. The summed E-state index contributed by atoms with van der Waals surface area (Å²) in [6.07, 6.45) is 6.09. The van der Waals surface area contributed by atoms with Crippen molar-refractivity contribution in [2.24, 2.45) is 5.92 Å². The van der Waals surface area contributed by atoms with E-state index in [2.05, 4.69) is 6.92 Å². The molecule has 0 radical (unpaired) electrons. The number of furan rings is 2. The van der Waals surface area contributed by atoms with Gasteiger partial charge in [0.05, 0.1) is 33.6 Å². The fourth-order valence-corrected chi connectivity index (χ4v) is 3.62. The number of carbonyl (C=O) groups is 1. The molecule has 2 heterocycles. The summed E-state index contributed by atoms with van der Waals surface area (Å²) in [4.78, 5) is 14.7. The van der Waals surface area contributed by atoms with Crippen LogP contribution in [0.5, 0.6) is 11.5 Å². The molecule has 0 bridgehead atoms. The second-order valence-electron chi connectivity index (χ2n) is 7.84. The zero-order valence-corrected chi connectivity index (χ0v) is 18.0. The molecule has 2 atom stereocenters. The molecule has 1 saturated carbocycles. The van der Waals surface area contributed by atoms with Crippen molar-refractivity contribution in [2.45, 2.75) is 32.4 Å². The van der Waals surface area contributed by atoms with Crippen LogP contribution in [0.4, 0.5) is 0 Å². The first kappa shape index (κ1) is 20.8. The SMILES string of the molecule is COc1ccc(/C=C/C(=O)N(Cc2ccco2)Cc2ccc(C3CC3C)o2)cc1OC. The van der Waals surface area contributed by atoms with Crippen molar-refractivity contribution in [1.82, 2.24) is 4.90 Å². The highest BCUT2D eigenvalue weighted by Crippen LogP contribution is 2.47. The zero-order valence-electron chi connectivity index (χ0n) is 18.0. The molecule has 2 unspecified atom stereocenters. The van der Waals surface area contributed by atoms with Gasteiger partial charge < -0.3 is 23.2 Å². The summed E-state index contributed by atoms with van der Waals surface area (Å²) in [6, 6.07) is 13.2. The largest absolute Gasteiger partial charge is 0.493 e. The summed E-state index contributed by atoms with van der Waals surface area (Å²) in [5.41, 5.74) is 0.840. The molecule has 0 saturated heterocycles. The van der Waals surface area contributed by atoms with Gasteiger partial charge in [0.15, 0.2) is 11.5 Å². The van der Waals surface area contributed by atoms with Crippen LogP contribution in [0.3, 0.4) is 0 Å². The van der Waals surface area contributed by atoms with E-state index in [1.54, 1.807) is 37.5 Å². The van der Waals surface area contributed by atoms with Gasteiger partial charge in [0.25, 0.3) is 0 Å². The maximum Gasteiger partial charge on any atom is 0.247 e. The molecule has 1 aliphatic carbocycles. The van der Waals surface area contributed by atoms with Gasteiger partial charge >= 0.3 is 0 Å². The standard InChI is InChI=1S/C25H27NO5/c1-17-13-21(17)22-10-8-20(31-22)16-26(15-19-5-4-12-30-19)25(27)11-7-18-6-9-23(28-2)24(14-18)29-3/h4-12,14,17,21H,13,15-16H2,1-3H3/b11-7+. The molecule has 0 N–H and O–H groups in total. The summed E-state index contributed by atoms with van der Waals surface area (Å²) in [5, 5.41) is 0. The van der Waals surface area contributed by atoms with Crippen LogP contribution in [0.15, 0.2) is 63.6 Å². The lowest BCUT2D eigenvalue weighted by Crippen LogP contribution is -2.28. The fourth-order valence-electron chi connectivity index (χ4n) is 3.62. The van der Waals surface area contributed by atoms with Crippen LogP contribution in [0, 0.1) is 5.92 Å². The van der Waals surface area contributed by atoms with Crippen molar-refractivity contribution < 1.29 is 23.1 Å². The maximum absolute atomic E-state index is 13.0. The van der Waals surface area contributed by atoms with E-state index in [-0.39, 0.29) is 5.91 Å². The van der Waals surface area contributed by atoms with Crippen LogP contribution >= 0.6 is 0 Å². The first-order chi connectivity index (χ1) is 15.1. The molecule has 3 aromatic rings. The average molecular weight is 421 g/mol. The lowest BCUT2D eigenvalue weighted by atomic mass is 10.2. The number of benzene rings is 1. The molecule has 0 spiro atoms. The third-order valence-electron chi connectivity index (χ3n) is 5.57. The average Bonchev–Trinajstić information content (AvgIpc) is 3.15. The number of ether oxygens (including phenoxy) is 2. The number of nitrogens with zero attached hydrogens (tertiary/aromatic N) is 1. The zero-order chi connectivity index (χ0) is 21.8.